The highest BCUT2D eigenvalue weighted by Gasteiger charge is 2.18. The first-order valence-electron chi connectivity index (χ1n) is 27.7. The van der Waals surface area contributed by atoms with Gasteiger partial charge in [0.1, 0.15) is 17.2 Å². The van der Waals surface area contributed by atoms with Gasteiger partial charge in [-0.3, -0.25) is 0 Å². The van der Waals surface area contributed by atoms with Crippen molar-refractivity contribution in [2.45, 2.75) is 135 Å². The number of hydrogen-bond acceptors (Lipinski definition) is 3. The van der Waals surface area contributed by atoms with E-state index in [0.29, 0.717) is 17.8 Å². The van der Waals surface area contributed by atoms with Crippen molar-refractivity contribution in [1.29, 1.82) is 0 Å². The lowest BCUT2D eigenvalue weighted by Crippen LogP contribution is -2.04. The van der Waals surface area contributed by atoms with Gasteiger partial charge in [-0.15, -0.1) is 0 Å². The van der Waals surface area contributed by atoms with Crippen LogP contribution in [-0.2, 0) is 19.3 Å². The summed E-state index contributed by atoms with van der Waals surface area (Å²) in [7, 11) is 5.05. The predicted molar refractivity (Wildman–Crippen MR) is 315 cm³/mol. The summed E-state index contributed by atoms with van der Waals surface area (Å²) in [5, 5.41) is 0. The van der Waals surface area contributed by atoms with Crippen molar-refractivity contribution in [3.8, 4) is 52.8 Å². The number of aryl methyl sites for hydroxylation is 3. The number of unbranched alkanes of at least 4 members (excludes halogenated alkanes) is 1. The monoisotopic (exact) mass is 991 g/mol. The van der Waals surface area contributed by atoms with E-state index < -0.39 is 0 Å². The van der Waals surface area contributed by atoms with Crippen LogP contribution < -0.4 is 14.2 Å². The molecular formula is C72H78O3. The van der Waals surface area contributed by atoms with Crippen molar-refractivity contribution < 1.29 is 14.2 Å². The molecule has 0 spiro atoms. The van der Waals surface area contributed by atoms with Crippen LogP contribution in [0.3, 0.4) is 0 Å². The van der Waals surface area contributed by atoms with Crippen LogP contribution in [0.5, 0.6) is 17.2 Å². The van der Waals surface area contributed by atoms with E-state index in [1.807, 2.05) is 72.8 Å². The van der Waals surface area contributed by atoms with E-state index in [9.17, 15) is 0 Å². The van der Waals surface area contributed by atoms with Gasteiger partial charge in [-0.2, -0.15) is 0 Å². The third-order valence-corrected chi connectivity index (χ3v) is 14.7. The molecule has 0 heterocycles. The van der Waals surface area contributed by atoms with Crippen molar-refractivity contribution in [3.63, 3.8) is 0 Å². The van der Waals surface area contributed by atoms with Gasteiger partial charge in [-0.1, -0.05) is 160 Å². The molecule has 9 rings (SSSR count). The number of hydrogen-bond donors (Lipinski definition) is 0. The summed E-state index contributed by atoms with van der Waals surface area (Å²) in [5.74, 6) is 24.4. The van der Waals surface area contributed by atoms with Gasteiger partial charge in [-0.05, 0) is 224 Å². The molecular weight excluding hydrogens is 913 g/mol. The lowest BCUT2D eigenvalue weighted by atomic mass is 9.84. The first kappa shape index (κ1) is 55.4. The summed E-state index contributed by atoms with van der Waals surface area (Å²) in [6.07, 6.45) is 24.3. The fraction of sp³-hybridized carbons (Fsp3) is 0.333. The van der Waals surface area contributed by atoms with E-state index in [0.717, 1.165) is 78.9 Å². The van der Waals surface area contributed by atoms with Gasteiger partial charge in [0, 0.05) is 16.7 Å². The molecule has 0 N–H and O–H groups in total. The predicted octanol–water partition coefficient (Wildman–Crippen LogP) is 17.7. The van der Waals surface area contributed by atoms with Gasteiger partial charge in [-0.25, -0.2) is 0 Å². The maximum Gasteiger partial charge on any atom is 0.118 e. The Morgan fingerprint density at radius 3 is 0.947 bits per heavy atom. The molecule has 6 aromatic rings. The van der Waals surface area contributed by atoms with E-state index in [1.165, 1.54) is 101 Å². The molecule has 0 saturated carbocycles. The molecule has 3 aliphatic rings. The Labute approximate surface area is 451 Å². The van der Waals surface area contributed by atoms with Crippen LogP contribution in [0.1, 0.15) is 166 Å². The first-order chi connectivity index (χ1) is 36.8. The molecule has 0 radical (unpaired) electrons. The molecule has 3 atom stereocenters. The Morgan fingerprint density at radius 1 is 0.360 bits per heavy atom. The highest BCUT2D eigenvalue weighted by atomic mass is 16.5. The average Bonchev–Trinajstić information content (AvgIpc) is 3.48. The van der Waals surface area contributed by atoms with Crippen molar-refractivity contribution in [1.82, 2.24) is 0 Å². The highest BCUT2D eigenvalue weighted by Crippen LogP contribution is 2.35. The van der Waals surface area contributed by atoms with Gasteiger partial charge in [0.05, 0.1) is 21.3 Å². The van der Waals surface area contributed by atoms with E-state index >= 15 is 0 Å². The third-order valence-electron chi connectivity index (χ3n) is 14.7. The molecule has 75 heavy (non-hydrogen) atoms. The molecule has 0 saturated heterocycles. The van der Waals surface area contributed by atoms with Gasteiger partial charge in [0.15, 0.2) is 0 Å². The minimum atomic E-state index is 0.641. The number of ether oxygens (including phenoxy) is 3. The second-order valence-electron chi connectivity index (χ2n) is 20.0. The van der Waals surface area contributed by atoms with E-state index in [4.69, 9.17) is 14.2 Å². The fourth-order valence-corrected chi connectivity index (χ4v) is 9.84. The van der Waals surface area contributed by atoms with Crippen molar-refractivity contribution >= 4 is 0 Å². The van der Waals surface area contributed by atoms with Gasteiger partial charge in [0.2, 0.25) is 0 Å². The Balaban J connectivity index is 0.000000164. The van der Waals surface area contributed by atoms with Crippen LogP contribution in [0.15, 0.2) is 181 Å². The molecule has 384 valence electrons. The van der Waals surface area contributed by atoms with E-state index in [1.54, 1.807) is 21.3 Å². The Hall–Kier alpha value is -7.38. The number of methoxy groups -OCH3 is 3. The van der Waals surface area contributed by atoms with Crippen molar-refractivity contribution in [3.05, 3.63) is 231 Å². The Morgan fingerprint density at radius 2 is 0.680 bits per heavy atom. The lowest BCUT2D eigenvalue weighted by Gasteiger charge is -2.20. The summed E-state index contributed by atoms with van der Waals surface area (Å²) >= 11 is 0. The van der Waals surface area contributed by atoms with Gasteiger partial charge >= 0.3 is 0 Å². The summed E-state index contributed by atoms with van der Waals surface area (Å²) in [6, 6.07) is 51.4. The van der Waals surface area contributed by atoms with Gasteiger partial charge < -0.3 is 14.2 Å². The SMILES string of the molecule is CCCCc1ccc(C2CC=C(C#Cc3ccc(OC)cc3)CC2)cc1.CCCc1ccc(C2CC=C(C#Cc3ccc(OC)cc3)CC2)cc1.CCc1ccc(C2CC=C(C#Cc3ccc(OC)cc3)CC2)cc1. The lowest BCUT2D eigenvalue weighted by molar-refractivity contribution is 0.414. The molecule has 3 nitrogen and oxygen atoms in total. The largest absolute Gasteiger partial charge is 0.497 e. The summed E-state index contributed by atoms with van der Waals surface area (Å²) in [6.45, 7) is 6.68. The Bertz CT molecular complexity index is 2970. The quantitative estimate of drug-likeness (QED) is 0.114. The smallest absolute Gasteiger partial charge is 0.118 e. The van der Waals surface area contributed by atoms with Crippen LogP contribution in [0.25, 0.3) is 0 Å². The first-order valence-corrected chi connectivity index (χ1v) is 27.7. The van der Waals surface area contributed by atoms with Gasteiger partial charge in [0.25, 0.3) is 0 Å². The molecule has 3 heteroatoms. The minimum Gasteiger partial charge on any atom is -0.497 e. The second kappa shape index (κ2) is 30.1. The normalized spacial score (nSPS) is 16.6. The molecule has 3 unspecified atom stereocenters. The Kier molecular flexibility index (Phi) is 22.2. The standard InChI is InChI=1S/C25H28O.C24H26O.C23H24O/c1-3-4-5-20-8-14-23(15-9-20)24-16-10-21(11-17-24)6-7-22-12-18-25(26-2)19-13-22;1-3-4-19-7-13-22(14-8-19)23-15-9-20(10-16-23)5-6-21-11-17-24(25-2)18-12-21;1-3-18-6-12-21(13-7-18)22-14-8-19(9-15-22)4-5-20-10-16-23(24-2)17-11-20/h8-10,12-15,18-19,24H,3-5,11,16-17H2,1-2H3;7-9,11-14,17-18,23H,3-4,10,15-16H2,1-2H3;6-8,10-13,16-17,22H,3,9,14-15H2,1-2H3. The molecule has 0 aliphatic heterocycles. The van der Waals surface area contributed by atoms with Crippen LogP contribution in [0.2, 0.25) is 0 Å². The topological polar surface area (TPSA) is 27.7 Å². The van der Waals surface area contributed by atoms with E-state index in [-0.39, 0.29) is 0 Å². The highest BCUT2D eigenvalue weighted by molar-refractivity contribution is 5.46. The summed E-state index contributed by atoms with van der Waals surface area (Å²) in [5.41, 5.74) is 15.7. The maximum atomic E-state index is 5.18. The second-order valence-corrected chi connectivity index (χ2v) is 20.0. The summed E-state index contributed by atoms with van der Waals surface area (Å²) in [4.78, 5) is 0. The zero-order valence-electron chi connectivity index (χ0n) is 45.7. The summed E-state index contributed by atoms with van der Waals surface area (Å²) < 4.78 is 15.5. The number of rotatable bonds is 12. The minimum absolute atomic E-state index is 0.641. The molecule has 3 aliphatic carbocycles. The third kappa shape index (κ3) is 17.9. The zero-order valence-corrected chi connectivity index (χ0v) is 45.7. The molecule has 0 fully saturated rings. The van der Waals surface area contributed by atoms with Crippen LogP contribution in [0.4, 0.5) is 0 Å². The zero-order chi connectivity index (χ0) is 52.5. The van der Waals surface area contributed by atoms with Crippen LogP contribution in [-0.4, -0.2) is 21.3 Å². The average molecular weight is 991 g/mol. The molecule has 0 bridgehead atoms. The number of benzene rings is 6. The van der Waals surface area contributed by atoms with Crippen molar-refractivity contribution in [2.75, 3.05) is 21.3 Å². The van der Waals surface area contributed by atoms with Crippen molar-refractivity contribution in [2.24, 2.45) is 0 Å². The van der Waals surface area contributed by atoms with Crippen LogP contribution in [0, 0.1) is 35.5 Å². The van der Waals surface area contributed by atoms with E-state index in [2.05, 4.69) is 147 Å². The number of allylic oxidation sites excluding steroid dienone is 6. The molecule has 6 aromatic carbocycles. The maximum absolute atomic E-state index is 5.18. The molecule has 0 aromatic heterocycles. The molecule has 0 amide bonds. The van der Waals surface area contributed by atoms with Crippen LogP contribution >= 0.6 is 0 Å². The fourth-order valence-electron chi connectivity index (χ4n) is 9.84.